The Hall–Kier alpha value is -1.35. The average molecular weight is 448 g/mol. The third-order valence-corrected chi connectivity index (χ3v) is 3.03. The fraction of sp³-hybridized carbons (Fsp3) is 0.529. The number of hydrogen-bond acceptors (Lipinski definition) is 3. The number of anilines is 1. The van der Waals surface area contributed by atoms with E-state index in [4.69, 9.17) is 4.74 Å². The maximum Gasteiger partial charge on any atom is 0.221 e. The highest BCUT2D eigenvalue weighted by Gasteiger charge is 1.99. The van der Waals surface area contributed by atoms with Gasteiger partial charge in [-0.1, -0.05) is 12.1 Å². The lowest BCUT2D eigenvalue weighted by atomic mass is 10.1. The number of guanidine groups is 1. The molecule has 0 spiro atoms. The van der Waals surface area contributed by atoms with E-state index in [1.165, 1.54) is 12.5 Å². The van der Waals surface area contributed by atoms with Gasteiger partial charge in [-0.3, -0.25) is 9.79 Å². The second-order valence-corrected chi connectivity index (χ2v) is 5.01. The minimum Gasteiger partial charge on any atom is -0.380 e. The van der Waals surface area contributed by atoms with Crippen molar-refractivity contribution in [3.63, 3.8) is 0 Å². The van der Waals surface area contributed by atoms with E-state index >= 15 is 0 Å². The van der Waals surface area contributed by atoms with Gasteiger partial charge in [0.15, 0.2) is 5.96 Å². The Morgan fingerprint density at radius 1 is 1.17 bits per heavy atom. The molecule has 0 unspecified atom stereocenters. The second-order valence-electron chi connectivity index (χ2n) is 5.01. The highest BCUT2D eigenvalue weighted by molar-refractivity contribution is 14.0. The summed E-state index contributed by atoms with van der Waals surface area (Å²) in [4.78, 5) is 15.4. The molecule has 0 bridgehead atoms. The van der Waals surface area contributed by atoms with Crippen LogP contribution in [0.25, 0.3) is 0 Å². The van der Waals surface area contributed by atoms with E-state index in [9.17, 15) is 4.79 Å². The SMILES string of the molecule is CCNC(=NCCOCC)NCCc1ccc(NC(C)=O)cc1.I. The van der Waals surface area contributed by atoms with Crippen molar-refractivity contribution < 1.29 is 9.53 Å². The molecule has 3 N–H and O–H groups in total. The number of carbonyl (C=O) groups excluding carboxylic acids is 1. The number of halogens is 1. The number of nitrogens with zero attached hydrogens (tertiary/aromatic N) is 1. The van der Waals surface area contributed by atoms with Crippen LogP contribution < -0.4 is 16.0 Å². The van der Waals surface area contributed by atoms with Crippen molar-refractivity contribution in [3.05, 3.63) is 29.8 Å². The topological polar surface area (TPSA) is 74.8 Å². The Kier molecular flexibility index (Phi) is 13.2. The van der Waals surface area contributed by atoms with Crippen molar-refractivity contribution in [2.75, 3.05) is 38.2 Å². The summed E-state index contributed by atoms with van der Waals surface area (Å²) < 4.78 is 5.28. The van der Waals surface area contributed by atoms with Crippen molar-refractivity contribution in [2.24, 2.45) is 4.99 Å². The summed E-state index contributed by atoms with van der Waals surface area (Å²) in [6.45, 7) is 9.14. The Morgan fingerprint density at radius 2 is 1.88 bits per heavy atom. The normalized spacial score (nSPS) is 10.7. The van der Waals surface area contributed by atoms with Gasteiger partial charge in [0.2, 0.25) is 5.91 Å². The summed E-state index contributed by atoms with van der Waals surface area (Å²) in [5, 5.41) is 9.28. The number of aliphatic imine (C=N–C) groups is 1. The molecule has 7 heteroatoms. The fourth-order valence-electron chi connectivity index (χ4n) is 1.99. The van der Waals surface area contributed by atoms with Crippen LogP contribution in [0.1, 0.15) is 26.3 Å². The quantitative estimate of drug-likeness (QED) is 0.235. The molecule has 0 aromatic heterocycles. The van der Waals surface area contributed by atoms with Crippen LogP contribution in [0.2, 0.25) is 0 Å². The van der Waals surface area contributed by atoms with Gasteiger partial charge in [0.05, 0.1) is 13.2 Å². The van der Waals surface area contributed by atoms with Crippen LogP contribution >= 0.6 is 24.0 Å². The average Bonchev–Trinajstić information content (AvgIpc) is 2.52. The highest BCUT2D eigenvalue weighted by Crippen LogP contribution is 2.09. The minimum atomic E-state index is -0.0574. The van der Waals surface area contributed by atoms with Crippen molar-refractivity contribution >= 4 is 41.5 Å². The summed E-state index contributed by atoms with van der Waals surface area (Å²) in [6.07, 6.45) is 0.885. The van der Waals surface area contributed by atoms with Crippen LogP contribution in [0.15, 0.2) is 29.3 Å². The predicted molar refractivity (Wildman–Crippen MR) is 110 cm³/mol. The molecule has 0 fully saturated rings. The standard InChI is InChI=1S/C17H28N4O2.HI/c1-4-18-17(20-12-13-23-5-2)19-11-10-15-6-8-16(9-7-15)21-14(3)22;/h6-9H,4-5,10-13H2,1-3H3,(H,21,22)(H2,18,19,20);1H. The van der Waals surface area contributed by atoms with Crippen molar-refractivity contribution in [2.45, 2.75) is 27.2 Å². The van der Waals surface area contributed by atoms with E-state index < -0.39 is 0 Å². The van der Waals surface area contributed by atoms with Gasteiger partial charge in [-0.2, -0.15) is 0 Å². The number of ether oxygens (including phenoxy) is 1. The molecule has 1 aromatic rings. The molecular formula is C17H29IN4O2. The smallest absolute Gasteiger partial charge is 0.221 e. The van der Waals surface area contributed by atoms with Crippen molar-refractivity contribution in [1.82, 2.24) is 10.6 Å². The number of hydrogen-bond donors (Lipinski definition) is 3. The molecule has 0 atom stereocenters. The van der Waals surface area contributed by atoms with Crippen molar-refractivity contribution in [3.8, 4) is 0 Å². The summed E-state index contributed by atoms with van der Waals surface area (Å²) in [5.41, 5.74) is 2.02. The van der Waals surface area contributed by atoms with Crippen LogP contribution in [0.3, 0.4) is 0 Å². The zero-order valence-corrected chi connectivity index (χ0v) is 17.1. The first-order valence-corrected chi connectivity index (χ1v) is 8.12. The minimum absolute atomic E-state index is 0. The summed E-state index contributed by atoms with van der Waals surface area (Å²) >= 11 is 0. The van der Waals surface area contributed by atoms with Gasteiger partial charge < -0.3 is 20.7 Å². The lowest BCUT2D eigenvalue weighted by Crippen LogP contribution is -2.38. The molecule has 0 aliphatic rings. The van der Waals surface area contributed by atoms with Crippen LogP contribution in [0.4, 0.5) is 5.69 Å². The lowest BCUT2D eigenvalue weighted by Gasteiger charge is -2.11. The first-order valence-electron chi connectivity index (χ1n) is 8.12. The van der Waals surface area contributed by atoms with Crippen LogP contribution in [0.5, 0.6) is 0 Å². The fourth-order valence-corrected chi connectivity index (χ4v) is 1.99. The zero-order valence-electron chi connectivity index (χ0n) is 14.7. The molecule has 0 radical (unpaired) electrons. The number of nitrogens with one attached hydrogen (secondary N) is 3. The van der Waals surface area contributed by atoms with E-state index in [-0.39, 0.29) is 29.9 Å². The van der Waals surface area contributed by atoms with Gasteiger partial charge in [0.25, 0.3) is 0 Å². The van der Waals surface area contributed by atoms with E-state index in [0.717, 1.165) is 31.2 Å². The first kappa shape index (κ1) is 22.6. The zero-order chi connectivity index (χ0) is 16.9. The third-order valence-electron chi connectivity index (χ3n) is 3.03. The lowest BCUT2D eigenvalue weighted by molar-refractivity contribution is -0.114. The molecule has 136 valence electrons. The van der Waals surface area contributed by atoms with Gasteiger partial charge in [-0.25, -0.2) is 0 Å². The maximum atomic E-state index is 11.0. The first-order chi connectivity index (χ1) is 11.2. The van der Waals surface area contributed by atoms with Crippen molar-refractivity contribution in [1.29, 1.82) is 0 Å². The highest BCUT2D eigenvalue weighted by atomic mass is 127. The summed E-state index contributed by atoms with van der Waals surface area (Å²) in [7, 11) is 0. The number of amides is 1. The van der Waals surface area contributed by atoms with Crippen LogP contribution in [-0.2, 0) is 16.0 Å². The molecule has 6 nitrogen and oxygen atoms in total. The molecule has 0 heterocycles. The van der Waals surface area contributed by atoms with Gasteiger partial charge in [-0.15, -0.1) is 24.0 Å². The second kappa shape index (κ2) is 14.0. The van der Waals surface area contributed by atoms with Gasteiger partial charge >= 0.3 is 0 Å². The molecule has 0 saturated carbocycles. The largest absolute Gasteiger partial charge is 0.380 e. The summed E-state index contributed by atoms with van der Waals surface area (Å²) in [5.74, 6) is 0.750. The number of rotatable bonds is 9. The van der Waals surface area contributed by atoms with E-state index in [1.807, 2.05) is 38.1 Å². The van der Waals surface area contributed by atoms with E-state index in [1.54, 1.807) is 0 Å². The molecule has 1 rings (SSSR count). The van der Waals surface area contributed by atoms with E-state index in [2.05, 4.69) is 20.9 Å². The van der Waals surface area contributed by atoms with Crippen LogP contribution in [0, 0.1) is 0 Å². The summed E-state index contributed by atoms with van der Waals surface area (Å²) in [6, 6.07) is 7.87. The molecule has 0 saturated heterocycles. The Bertz CT molecular complexity index is 492. The molecule has 24 heavy (non-hydrogen) atoms. The molecular weight excluding hydrogens is 419 g/mol. The Morgan fingerprint density at radius 3 is 2.46 bits per heavy atom. The van der Waals surface area contributed by atoms with Crippen LogP contribution in [-0.4, -0.2) is 44.7 Å². The third kappa shape index (κ3) is 10.4. The number of carbonyl (C=O) groups is 1. The number of benzene rings is 1. The van der Waals surface area contributed by atoms with Gasteiger partial charge in [-0.05, 0) is 38.0 Å². The molecule has 1 aromatic carbocycles. The van der Waals surface area contributed by atoms with Gasteiger partial charge in [0, 0.05) is 32.3 Å². The maximum absolute atomic E-state index is 11.0. The predicted octanol–water partition coefficient (Wildman–Crippen LogP) is 2.40. The molecule has 0 aliphatic carbocycles. The Labute approximate surface area is 161 Å². The van der Waals surface area contributed by atoms with Gasteiger partial charge in [0.1, 0.15) is 0 Å². The Balaban J connectivity index is 0.00000529. The molecule has 1 amide bonds. The molecule has 0 aliphatic heterocycles. The monoisotopic (exact) mass is 448 g/mol. The van der Waals surface area contributed by atoms with E-state index in [0.29, 0.717) is 19.8 Å².